The fourth-order valence-corrected chi connectivity index (χ4v) is 2.66. The summed E-state index contributed by atoms with van der Waals surface area (Å²) in [6.07, 6.45) is 0. The molecule has 0 saturated heterocycles. The summed E-state index contributed by atoms with van der Waals surface area (Å²) in [4.78, 5) is 24.0. The maximum Gasteiger partial charge on any atom is 0.338 e. The molecular formula is C20H22N4O4. The predicted octanol–water partition coefficient (Wildman–Crippen LogP) is 2.11. The molecule has 0 radical (unpaired) electrons. The van der Waals surface area contributed by atoms with E-state index in [0.717, 1.165) is 16.8 Å². The van der Waals surface area contributed by atoms with Gasteiger partial charge in [-0.2, -0.15) is 0 Å². The van der Waals surface area contributed by atoms with Crippen molar-refractivity contribution in [2.45, 2.75) is 20.4 Å². The molecule has 8 nitrogen and oxygen atoms in total. The number of carbonyl (C=O) groups excluding carboxylic acids is 2. The molecule has 0 bridgehead atoms. The van der Waals surface area contributed by atoms with Crippen molar-refractivity contribution in [3.05, 3.63) is 53.6 Å². The number of aromatic nitrogens is 3. The van der Waals surface area contributed by atoms with Gasteiger partial charge in [0.05, 0.1) is 17.6 Å². The standard InChI is InChI=1S/C20H22N4O4/c1-3-24-18-8-7-15(12-17(18)22-23-24)20(26)28-13-19(25)21-9-10-27-16-6-4-5-14(2)11-16/h4-8,11-12H,3,9-10,13H2,1-2H3,(H,21,25). The monoisotopic (exact) mass is 382 g/mol. The van der Waals surface area contributed by atoms with E-state index < -0.39 is 5.97 Å². The van der Waals surface area contributed by atoms with Crippen LogP contribution in [0.5, 0.6) is 5.75 Å². The molecule has 1 N–H and O–H groups in total. The Hall–Kier alpha value is -3.42. The molecule has 3 rings (SSSR count). The van der Waals surface area contributed by atoms with Gasteiger partial charge in [0.1, 0.15) is 17.9 Å². The maximum atomic E-state index is 12.1. The van der Waals surface area contributed by atoms with Crippen LogP contribution in [-0.4, -0.2) is 46.6 Å². The van der Waals surface area contributed by atoms with E-state index in [1.54, 1.807) is 22.9 Å². The number of benzene rings is 2. The highest BCUT2D eigenvalue weighted by Crippen LogP contribution is 2.14. The van der Waals surface area contributed by atoms with E-state index >= 15 is 0 Å². The molecule has 3 aromatic rings. The van der Waals surface area contributed by atoms with Crippen LogP contribution in [0.2, 0.25) is 0 Å². The quantitative estimate of drug-likeness (QED) is 0.474. The molecule has 0 fully saturated rings. The molecule has 0 unspecified atom stereocenters. The number of hydrogen-bond acceptors (Lipinski definition) is 6. The Labute approximate surface area is 162 Å². The van der Waals surface area contributed by atoms with Gasteiger partial charge in [-0.05, 0) is 49.7 Å². The Morgan fingerprint density at radius 1 is 1.18 bits per heavy atom. The number of rotatable bonds is 8. The Balaban J connectivity index is 1.42. The SMILES string of the molecule is CCn1nnc2cc(C(=O)OCC(=O)NCCOc3cccc(C)c3)ccc21. The van der Waals surface area contributed by atoms with Crippen molar-refractivity contribution in [2.75, 3.05) is 19.8 Å². The van der Waals surface area contributed by atoms with E-state index in [1.807, 2.05) is 38.1 Å². The zero-order chi connectivity index (χ0) is 19.9. The molecule has 0 atom stereocenters. The Kier molecular flexibility index (Phi) is 6.21. The fourth-order valence-electron chi connectivity index (χ4n) is 2.66. The summed E-state index contributed by atoms with van der Waals surface area (Å²) in [7, 11) is 0. The molecule has 1 amide bonds. The van der Waals surface area contributed by atoms with Gasteiger partial charge < -0.3 is 14.8 Å². The van der Waals surface area contributed by atoms with Gasteiger partial charge in [-0.3, -0.25) is 4.79 Å². The first-order valence-corrected chi connectivity index (χ1v) is 9.03. The van der Waals surface area contributed by atoms with Crippen LogP contribution in [-0.2, 0) is 16.1 Å². The number of carbonyl (C=O) groups is 2. The summed E-state index contributed by atoms with van der Waals surface area (Å²) < 4.78 is 12.3. The molecule has 8 heteroatoms. The van der Waals surface area contributed by atoms with Crippen LogP contribution in [0, 0.1) is 6.92 Å². The van der Waals surface area contributed by atoms with Gasteiger partial charge in [-0.15, -0.1) is 5.10 Å². The summed E-state index contributed by atoms with van der Waals surface area (Å²) in [5.74, 6) is -0.227. The molecule has 0 saturated carbocycles. The number of hydrogen-bond donors (Lipinski definition) is 1. The second-order valence-corrected chi connectivity index (χ2v) is 6.20. The van der Waals surface area contributed by atoms with Gasteiger partial charge in [-0.25, -0.2) is 9.48 Å². The predicted molar refractivity (Wildman–Crippen MR) is 103 cm³/mol. The van der Waals surface area contributed by atoms with Gasteiger partial charge in [-0.1, -0.05) is 17.3 Å². The lowest BCUT2D eigenvalue weighted by molar-refractivity contribution is -0.124. The van der Waals surface area contributed by atoms with Crippen LogP contribution < -0.4 is 10.1 Å². The van der Waals surface area contributed by atoms with Crippen molar-refractivity contribution in [1.29, 1.82) is 0 Å². The maximum absolute atomic E-state index is 12.1. The minimum atomic E-state index is -0.584. The lowest BCUT2D eigenvalue weighted by Gasteiger charge is -2.09. The van der Waals surface area contributed by atoms with E-state index in [-0.39, 0.29) is 12.5 Å². The first-order valence-electron chi connectivity index (χ1n) is 9.03. The van der Waals surface area contributed by atoms with E-state index in [4.69, 9.17) is 9.47 Å². The Bertz CT molecular complexity index is 983. The van der Waals surface area contributed by atoms with Crippen LogP contribution in [0.25, 0.3) is 11.0 Å². The third-order valence-corrected chi connectivity index (χ3v) is 4.07. The van der Waals surface area contributed by atoms with Crippen molar-refractivity contribution in [3.63, 3.8) is 0 Å². The molecule has 146 valence electrons. The van der Waals surface area contributed by atoms with Crippen molar-refractivity contribution in [3.8, 4) is 5.75 Å². The Morgan fingerprint density at radius 3 is 2.82 bits per heavy atom. The first-order chi connectivity index (χ1) is 13.6. The van der Waals surface area contributed by atoms with Crippen molar-refractivity contribution in [2.24, 2.45) is 0 Å². The lowest BCUT2D eigenvalue weighted by atomic mass is 10.2. The normalized spacial score (nSPS) is 10.6. The minimum Gasteiger partial charge on any atom is -0.492 e. The van der Waals surface area contributed by atoms with Crippen LogP contribution in [0.4, 0.5) is 0 Å². The molecule has 2 aromatic carbocycles. The minimum absolute atomic E-state index is 0.316. The number of nitrogens with one attached hydrogen (secondary N) is 1. The van der Waals surface area contributed by atoms with Crippen LogP contribution in [0.3, 0.4) is 0 Å². The third-order valence-electron chi connectivity index (χ3n) is 4.07. The van der Waals surface area contributed by atoms with Crippen LogP contribution in [0.1, 0.15) is 22.8 Å². The zero-order valence-corrected chi connectivity index (χ0v) is 15.8. The lowest BCUT2D eigenvalue weighted by Crippen LogP contribution is -2.32. The van der Waals surface area contributed by atoms with Crippen LogP contribution >= 0.6 is 0 Å². The zero-order valence-electron chi connectivity index (χ0n) is 15.8. The number of ether oxygens (including phenoxy) is 2. The smallest absolute Gasteiger partial charge is 0.338 e. The molecule has 1 heterocycles. The highest BCUT2D eigenvalue weighted by Gasteiger charge is 2.12. The highest BCUT2D eigenvalue weighted by atomic mass is 16.5. The number of amides is 1. The van der Waals surface area contributed by atoms with E-state index in [9.17, 15) is 9.59 Å². The molecule has 0 aliphatic heterocycles. The Morgan fingerprint density at radius 2 is 2.04 bits per heavy atom. The van der Waals surface area contributed by atoms with Crippen molar-refractivity contribution in [1.82, 2.24) is 20.3 Å². The van der Waals surface area contributed by atoms with Crippen molar-refractivity contribution >= 4 is 22.9 Å². The highest BCUT2D eigenvalue weighted by molar-refractivity contribution is 5.94. The average Bonchev–Trinajstić information content (AvgIpc) is 3.12. The molecular weight excluding hydrogens is 360 g/mol. The molecule has 0 aliphatic rings. The number of nitrogens with zero attached hydrogens (tertiary/aromatic N) is 3. The fraction of sp³-hybridized carbons (Fsp3) is 0.300. The average molecular weight is 382 g/mol. The summed E-state index contributed by atoms with van der Waals surface area (Å²) in [5, 5.41) is 10.7. The number of esters is 1. The molecule has 1 aromatic heterocycles. The van der Waals surface area contributed by atoms with Crippen LogP contribution in [0.15, 0.2) is 42.5 Å². The topological polar surface area (TPSA) is 95.3 Å². The summed E-state index contributed by atoms with van der Waals surface area (Å²) in [6.45, 7) is 4.91. The summed E-state index contributed by atoms with van der Waals surface area (Å²) in [5.41, 5.74) is 2.87. The molecule has 0 spiro atoms. The number of aryl methyl sites for hydroxylation is 2. The largest absolute Gasteiger partial charge is 0.492 e. The van der Waals surface area contributed by atoms with Gasteiger partial charge in [0.25, 0.3) is 5.91 Å². The van der Waals surface area contributed by atoms with Gasteiger partial charge in [0.15, 0.2) is 6.61 Å². The van der Waals surface area contributed by atoms with E-state index in [1.165, 1.54) is 0 Å². The number of fused-ring (bicyclic) bond motifs is 1. The summed E-state index contributed by atoms with van der Waals surface area (Å²) in [6, 6.07) is 12.7. The van der Waals surface area contributed by atoms with Gasteiger partial charge >= 0.3 is 5.97 Å². The van der Waals surface area contributed by atoms with Crippen molar-refractivity contribution < 1.29 is 19.1 Å². The molecule has 28 heavy (non-hydrogen) atoms. The van der Waals surface area contributed by atoms with Gasteiger partial charge in [0.2, 0.25) is 0 Å². The van der Waals surface area contributed by atoms with E-state index in [0.29, 0.717) is 30.8 Å². The van der Waals surface area contributed by atoms with Gasteiger partial charge in [0, 0.05) is 6.54 Å². The second-order valence-electron chi connectivity index (χ2n) is 6.20. The summed E-state index contributed by atoms with van der Waals surface area (Å²) >= 11 is 0. The molecule has 0 aliphatic carbocycles. The van der Waals surface area contributed by atoms with E-state index in [2.05, 4.69) is 15.6 Å². The first kappa shape index (κ1) is 19.3. The third kappa shape index (κ3) is 4.85. The second kappa shape index (κ2) is 8.98.